The van der Waals surface area contributed by atoms with E-state index in [2.05, 4.69) is 148 Å². The van der Waals surface area contributed by atoms with Gasteiger partial charge in [-0.15, -0.1) is 0 Å². The molecule has 0 aliphatic rings. The van der Waals surface area contributed by atoms with Crippen LogP contribution in [0.5, 0.6) is 0 Å². The van der Waals surface area contributed by atoms with Crippen molar-refractivity contribution in [1.82, 2.24) is 0 Å². The molecule has 444 valence electrons. The normalized spacial score (nSPS) is 14.2. The van der Waals surface area contributed by atoms with Gasteiger partial charge in [0.25, 0.3) is 0 Å². The van der Waals surface area contributed by atoms with Crippen LogP contribution in [0.4, 0.5) is 0 Å². The van der Waals surface area contributed by atoms with Crippen molar-refractivity contribution in [3.63, 3.8) is 0 Å². The van der Waals surface area contributed by atoms with Gasteiger partial charge in [0.2, 0.25) is 0 Å². The van der Waals surface area contributed by atoms with Crippen LogP contribution in [0.3, 0.4) is 0 Å². The minimum Gasteiger partial charge on any atom is -0.462 e. The Kier molecular flexibility index (Phi) is 55.0. The molecule has 0 radical (unpaired) electrons. The highest BCUT2D eigenvalue weighted by Crippen LogP contribution is 2.43. The number of carbonyl (C=O) groups excluding carboxylic acids is 2. The van der Waals surface area contributed by atoms with Crippen LogP contribution in [0, 0.1) is 0 Å². The highest BCUT2D eigenvalue weighted by molar-refractivity contribution is 7.47. The summed E-state index contributed by atoms with van der Waals surface area (Å²) in [6.07, 6.45) is 84.1. The largest absolute Gasteiger partial charge is 0.472 e. The van der Waals surface area contributed by atoms with Crippen LogP contribution in [-0.4, -0.2) is 74.9 Å². The Hall–Kier alpha value is -3.85. The molecule has 0 rings (SSSR count). The highest BCUT2D eigenvalue weighted by atomic mass is 31.2. The third-order valence-corrected chi connectivity index (χ3v) is 13.7. The van der Waals surface area contributed by atoms with Crippen LogP contribution >= 0.6 is 7.82 Å². The van der Waals surface area contributed by atoms with Gasteiger partial charge in [-0.05, 0) is 109 Å². The topological polar surface area (TPSA) is 108 Å². The van der Waals surface area contributed by atoms with Crippen LogP contribution < -0.4 is 0 Å². The highest BCUT2D eigenvalue weighted by Gasteiger charge is 2.27. The van der Waals surface area contributed by atoms with Crippen molar-refractivity contribution in [1.29, 1.82) is 0 Å². The first kappa shape index (κ1) is 74.2. The lowest BCUT2D eigenvalue weighted by Gasteiger charge is -2.24. The van der Waals surface area contributed by atoms with Crippen LogP contribution in [0.1, 0.15) is 232 Å². The standard InChI is InChI=1S/C68H114NO8P/c1-6-8-10-12-14-16-18-20-21-22-23-24-25-26-27-28-29-30-31-32-33-34-35-36-37-38-39-40-41-42-43-44-45-46-47-49-51-53-55-57-59-61-68(71)77-66(65-76-78(72,73)75-63-62-69(3,4)5)64-74-67(70)60-58-56-54-52-50-48-19-17-15-13-11-9-7-2/h8-11,14-17,20-21,23-24,26-27,29-30,32-33,35-36,48,50,66H,6-7,12-13,18-19,22,25,28,31,34,37-47,49,51-65H2,1-5H3/p+1/b10-8-,11-9-,16-14-,17-15-,21-20-,24-23-,27-26-,30-29-,33-32-,36-35-,50-48-. The monoisotopic (exact) mass is 1100 g/mol. The van der Waals surface area contributed by atoms with E-state index >= 15 is 0 Å². The predicted octanol–water partition coefficient (Wildman–Crippen LogP) is 19.7. The molecule has 0 bridgehead atoms. The Labute approximate surface area is 479 Å². The molecule has 0 saturated heterocycles. The summed E-state index contributed by atoms with van der Waals surface area (Å²) in [6, 6.07) is 0. The van der Waals surface area contributed by atoms with Gasteiger partial charge >= 0.3 is 19.8 Å². The summed E-state index contributed by atoms with van der Waals surface area (Å²) in [4.78, 5) is 35.6. The molecule has 2 atom stereocenters. The Morgan fingerprint density at radius 3 is 1.04 bits per heavy atom. The summed E-state index contributed by atoms with van der Waals surface area (Å²) >= 11 is 0. The van der Waals surface area contributed by atoms with Crippen molar-refractivity contribution in [3.8, 4) is 0 Å². The molecule has 0 aromatic rings. The van der Waals surface area contributed by atoms with Crippen LogP contribution in [0.15, 0.2) is 134 Å². The molecule has 2 unspecified atom stereocenters. The summed E-state index contributed by atoms with van der Waals surface area (Å²) in [7, 11) is 1.45. The number of hydrogen-bond donors (Lipinski definition) is 1. The smallest absolute Gasteiger partial charge is 0.462 e. The zero-order valence-corrected chi connectivity index (χ0v) is 51.2. The number of phosphoric acid groups is 1. The van der Waals surface area contributed by atoms with Gasteiger partial charge in [0.1, 0.15) is 19.8 Å². The lowest BCUT2D eigenvalue weighted by atomic mass is 10.0. The SMILES string of the molecule is CC/C=C\C/C=C\C/C=C\C/C=C\C/C=C\C/C=C\C/C=C\C/C=C\CCCCCCCCCCCCCCCCCCC(=O)OC(COC(=O)CCCCC/C=C\C/C=C\C/C=C\CC)COP(=O)(O)OCC[N+](C)(C)C. The number of ether oxygens (including phenoxy) is 2. The summed E-state index contributed by atoms with van der Waals surface area (Å²) in [5.41, 5.74) is 0. The number of carbonyl (C=O) groups is 2. The fourth-order valence-electron chi connectivity index (χ4n) is 7.99. The number of hydrogen-bond acceptors (Lipinski definition) is 7. The number of phosphoric ester groups is 1. The molecule has 0 amide bonds. The van der Waals surface area contributed by atoms with E-state index in [0.717, 1.165) is 109 Å². The summed E-state index contributed by atoms with van der Waals surface area (Å²) < 4.78 is 34.5. The van der Waals surface area contributed by atoms with Gasteiger partial charge in [0.15, 0.2) is 6.10 Å². The van der Waals surface area contributed by atoms with Crippen LogP contribution in [-0.2, 0) is 32.7 Å². The molecule has 0 aliphatic heterocycles. The Morgan fingerprint density at radius 2 is 0.692 bits per heavy atom. The fourth-order valence-corrected chi connectivity index (χ4v) is 8.73. The van der Waals surface area contributed by atoms with E-state index in [-0.39, 0.29) is 26.1 Å². The maximum absolute atomic E-state index is 12.8. The van der Waals surface area contributed by atoms with Crippen molar-refractivity contribution in [2.75, 3.05) is 47.5 Å². The molecule has 0 aliphatic carbocycles. The Bertz CT molecular complexity index is 1780. The Morgan fingerprint density at radius 1 is 0.397 bits per heavy atom. The second kappa shape index (κ2) is 57.8. The zero-order chi connectivity index (χ0) is 57.0. The number of quaternary nitrogens is 1. The van der Waals surface area contributed by atoms with Crippen molar-refractivity contribution in [3.05, 3.63) is 134 Å². The van der Waals surface area contributed by atoms with E-state index in [0.29, 0.717) is 23.9 Å². The lowest BCUT2D eigenvalue weighted by molar-refractivity contribution is -0.870. The molecule has 10 heteroatoms. The number of allylic oxidation sites excluding steroid dienone is 22. The van der Waals surface area contributed by atoms with Gasteiger partial charge in [-0.2, -0.15) is 0 Å². The maximum Gasteiger partial charge on any atom is 0.472 e. The first-order valence-corrected chi connectivity index (χ1v) is 32.4. The second-order valence-corrected chi connectivity index (χ2v) is 22.8. The molecule has 0 aromatic heterocycles. The minimum absolute atomic E-state index is 0.0219. The molecule has 0 saturated carbocycles. The molecule has 1 N–H and O–H groups in total. The number of nitrogens with zero attached hydrogens (tertiary/aromatic N) is 1. The maximum atomic E-state index is 12.8. The molecular formula is C68H115NO8P+. The molecule has 9 nitrogen and oxygen atoms in total. The minimum atomic E-state index is -4.40. The zero-order valence-electron chi connectivity index (χ0n) is 50.3. The molecule has 0 fully saturated rings. The predicted molar refractivity (Wildman–Crippen MR) is 334 cm³/mol. The second-order valence-electron chi connectivity index (χ2n) is 21.3. The van der Waals surface area contributed by atoms with Gasteiger partial charge in [0.05, 0.1) is 27.7 Å². The molecule has 0 heterocycles. The van der Waals surface area contributed by atoms with Crippen molar-refractivity contribution in [2.45, 2.75) is 238 Å². The van der Waals surface area contributed by atoms with E-state index in [1.807, 2.05) is 21.1 Å². The van der Waals surface area contributed by atoms with Crippen molar-refractivity contribution < 1.29 is 42.1 Å². The Balaban J connectivity index is 3.99. The summed E-state index contributed by atoms with van der Waals surface area (Å²) in [5.74, 6) is -0.837. The third kappa shape index (κ3) is 61.4. The average Bonchev–Trinajstić information content (AvgIpc) is 3.40. The van der Waals surface area contributed by atoms with E-state index in [1.54, 1.807) is 0 Å². The third-order valence-electron chi connectivity index (χ3n) is 12.7. The summed E-state index contributed by atoms with van der Waals surface area (Å²) in [6.45, 7) is 4.15. The van der Waals surface area contributed by atoms with Crippen LogP contribution in [0.25, 0.3) is 0 Å². The van der Waals surface area contributed by atoms with Gasteiger partial charge in [-0.25, -0.2) is 4.57 Å². The van der Waals surface area contributed by atoms with E-state index in [9.17, 15) is 19.0 Å². The molecule has 0 aromatic carbocycles. The van der Waals surface area contributed by atoms with Crippen molar-refractivity contribution >= 4 is 19.8 Å². The number of rotatable bonds is 55. The number of likely N-dealkylation sites (N-methyl/N-ethyl adjacent to an activating group) is 1. The van der Waals surface area contributed by atoms with E-state index < -0.39 is 32.5 Å². The molecular weight excluding hydrogens is 990 g/mol. The molecule has 0 spiro atoms. The molecule has 78 heavy (non-hydrogen) atoms. The van der Waals surface area contributed by atoms with Gasteiger partial charge < -0.3 is 18.9 Å². The van der Waals surface area contributed by atoms with Crippen LogP contribution in [0.2, 0.25) is 0 Å². The quantitative estimate of drug-likeness (QED) is 0.0211. The van der Waals surface area contributed by atoms with Gasteiger partial charge in [-0.1, -0.05) is 244 Å². The van der Waals surface area contributed by atoms with E-state index in [1.165, 1.54) is 83.5 Å². The lowest BCUT2D eigenvalue weighted by Crippen LogP contribution is -2.37. The number of esters is 2. The van der Waals surface area contributed by atoms with Gasteiger partial charge in [-0.3, -0.25) is 18.6 Å². The van der Waals surface area contributed by atoms with Crippen molar-refractivity contribution in [2.24, 2.45) is 0 Å². The first-order chi connectivity index (χ1) is 38.0. The van der Waals surface area contributed by atoms with Gasteiger partial charge in [0, 0.05) is 12.8 Å². The fraction of sp³-hybridized carbons (Fsp3) is 0.647. The van der Waals surface area contributed by atoms with E-state index in [4.69, 9.17) is 18.5 Å². The average molecular weight is 1110 g/mol. The number of unbranched alkanes of at least 4 members (excludes halogenated alkanes) is 19. The first-order valence-electron chi connectivity index (χ1n) is 30.9. The summed E-state index contributed by atoms with van der Waals surface area (Å²) in [5, 5.41) is 0.